The average Bonchev–Trinajstić information content (AvgIpc) is 3.42. The summed E-state index contributed by atoms with van der Waals surface area (Å²) in [4.78, 5) is 4.82. The van der Waals surface area contributed by atoms with Gasteiger partial charge < -0.3 is 23.8 Å². The Balaban J connectivity index is 1.33. The second-order valence-electron chi connectivity index (χ2n) is 8.89. The van der Waals surface area contributed by atoms with Gasteiger partial charge in [0, 0.05) is 29.7 Å². The van der Waals surface area contributed by atoms with Crippen LogP contribution in [0.1, 0.15) is 37.7 Å². The third-order valence-electron chi connectivity index (χ3n) is 6.43. The van der Waals surface area contributed by atoms with Crippen LogP contribution < -0.4 is 14.4 Å². The molecule has 0 bridgehead atoms. The summed E-state index contributed by atoms with van der Waals surface area (Å²) < 4.78 is 16.8. The third kappa shape index (κ3) is 5.62. The molecule has 0 unspecified atom stereocenters. The zero-order valence-electron chi connectivity index (χ0n) is 19.1. The number of anilines is 1. The molecule has 3 heterocycles. The molecule has 180 valence electrons. The molecule has 0 spiro atoms. The number of aromatic nitrogens is 1. The van der Waals surface area contributed by atoms with E-state index in [1.165, 1.54) is 38.8 Å². The van der Waals surface area contributed by atoms with Crippen LogP contribution in [0.15, 0.2) is 47.0 Å². The highest BCUT2D eigenvalue weighted by atomic mass is 35.5. The van der Waals surface area contributed by atoms with E-state index in [-0.39, 0.29) is 6.79 Å². The van der Waals surface area contributed by atoms with Gasteiger partial charge in [0.15, 0.2) is 11.5 Å². The van der Waals surface area contributed by atoms with Crippen LogP contribution in [0.25, 0.3) is 11.3 Å². The van der Waals surface area contributed by atoms with Crippen LogP contribution in [0, 0.1) is 0 Å². The first-order chi connectivity index (χ1) is 16.7. The Morgan fingerprint density at radius 1 is 0.912 bits per heavy atom. The minimum atomic E-state index is 0.269. The molecule has 0 amide bonds. The second kappa shape index (κ2) is 10.9. The lowest BCUT2D eigenvalue weighted by molar-refractivity contribution is 0.174. The summed E-state index contributed by atoms with van der Waals surface area (Å²) in [5.74, 6) is 2.29. The Morgan fingerprint density at radius 3 is 2.56 bits per heavy atom. The maximum atomic E-state index is 6.41. The normalized spacial score (nSPS) is 15.9. The summed E-state index contributed by atoms with van der Waals surface area (Å²) in [5.41, 5.74) is 2.62. The quantitative estimate of drug-likeness (QED) is 0.344. The van der Waals surface area contributed by atoms with Crippen molar-refractivity contribution in [3.8, 4) is 22.8 Å². The molecule has 0 atom stereocenters. The van der Waals surface area contributed by atoms with Gasteiger partial charge in [0.05, 0.1) is 5.02 Å². The summed E-state index contributed by atoms with van der Waals surface area (Å²) >= 11 is 12.5. The minimum absolute atomic E-state index is 0.269. The van der Waals surface area contributed by atoms with E-state index in [2.05, 4.69) is 21.0 Å². The standard InChI is InChI=1S/C26H29Cl2N3O3/c27-20-7-8-21(22(28)15-20)23-16-26(34-29-23)31(13-5-12-30-10-3-1-2-4-11-30)17-19-6-9-24-25(14-19)33-18-32-24/h6-9,14-16H,1-5,10-13,17-18H2. The maximum absolute atomic E-state index is 6.41. The SMILES string of the molecule is Clc1ccc(-c2cc(N(CCCN3CCCCCC3)Cc3ccc4c(c3)OCO4)on2)c(Cl)c1. The van der Waals surface area contributed by atoms with Crippen LogP contribution in [-0.4, -0.2) is 43.0 Å². The van der Waals surface area contributed by atoms with Crippen molar-refractivity contribution in [2.24, 2.45) is 0 Å². The molecule has 6 nitrogen and oxygen atoms in total. The predicted molar refractivity (Wildman–Crippen MR) is 135 cm³/mol. The van der Waals surface area contributed by atoms with Gasteiger partial charge in [-0.05, 0) is 74.8 Å². The van der Waals surface area contributed by atoms with Gasteiger partial charge in [-0.3, -0.25) is 0 Å². The Labute approximate surface area is 210 Å². The maximum Gasteiger partial charge on any atom is 0.231 e. The second-order valence-corrected chi connectivity index (χ2v) is 9.74. The van der Waals surface area contributed by atoms with Gasteiger partial charge in [-0.25, -0.2) is 0 Å². The van der Waals surface area contributed by atoms with Gasteiger partial charge >= 0.3 is 0 Å². The van der Waals surface area contributed by atoms with Gasteiger partial charge in [-0.1, -0.05) is 47.3 Å². The Bertz CT molecular complexity index is 1110. The molecule has 0 N–H and O–H groups in total. The fourth-order valence-electron chi connectivity index (χ4n) is 4.61. The topological polar surface area (TPSA) is 51.0 Å². The van der Waals surface area contributed by atoms with Crippen molar-refractivity contribution in [2.45, 2.75) is 38.6 Å². The number of hydrogen-bond acceptors (Lipinski definition) is 6. The molecule has 1 saturated heterocycles. The van der Waals surface area contributed by atoms with E-state index in [0.29, 0.717) is 22.3 Å². The van der Waals surface area contributed by atoms with Crippen LogP contribution >= 0.6 is 23.2 Å². The van der Waals surface area contributed by atoms with Crippen molar-refractivity contribution >= 4 is 29.1 Å². The smallest absolute Gasteiger partial charge is 0.231 e. The van der Waals surface area contributed by atoms with E-state index < -0.39 is 0 Å². The Kier molecular flexibility index (Phi) is 7.48. The molecule has 2 aromatic carbocycles. The molecule has 0 saturated carbocycles. The lowest BCUT2D eigenvalue weighted by Gasteiger charge is -2.24. The monoisotopic (exact) mass is 501 g/mol. The molecule has 5 rings (SSSR count). The van der Waals surface area contributed by atoms with Crippen molar-refractivity contribution in [1.82, 2.24) is 10.1 Å². The molecular weight excluding hydrogens is 473 g/mol. The van der Waals surface area contributed by atoms with Crippen LogP contribution in [-0.2, 0) is 6.54 Å². The Hall–Kier alpha value is -2.41. The first-order valence-corrected chi connectivity index (χ1v) is 12.7. The Morgan fingerprint density at radius 2 is 1.74 bits per heavy atom. The molecule has 2 aliphatic heterocycles. The van der Waals surface area contributed by atoms with Gasteiger partial charge in [-0.15, -0.1) is 0 Å². The summed E-state index contributed by atoms with van der Waals surface area (Å²) in [6.45, 7) is 5.29. The molecule has 1 aromatic heterocycles. The molecule has 3 aromatic rings. The number of likely N-dealkylation sites (tertiary alicyclic amines) is 1. The molecule has 0 aliphatic carbocycles. The van der Waals surface area contributed by atoms with Crippen LogP contribution in [0.2, 0.25) is 10.0 Å². The number of ether oxygens (including phenoxy) is 2. The number of rotatable bonds is 8. The summed E-state index contributed by atoms with van der Waals surface area (Å²) in [6.07, 6.45) is 6.34. The average molecular weight is 502 g/mol. The van der Waals surface area contributed by atoms with Crippen molar-refractivity contribution in [1.29, 1.82) is 0 Å². The minimum Gasteiger partial charge on any atom is -0.454 e. The highest BCUT2D eigenvalue weighted by molar-refractivity contribution is 6.36. The first kappa shape index (κ1) is 23.3. The van der Waals surface area contributed by atoms with E-state index in [0.717, 1.165) is 48.0 Å². The van der Waals surface area contributed by atoms with Gasteiger partial charge in [0.1, 0.15) is 5.69 Å². The molecule has 2 aliphatic rings. The molecule has 8 heteroatoms. The van der Waals surface area contributed by atoms with Crippen molar-refractivity contribution in [3.05, 3.63) is 58.1 Å². The third-order valence-corrected chi connectivity index (χ3v) is 6.98. The van der Waals surface area contributed by atoms with E-state index >= 15 is 0 Å². The largest absolute Gasteiger partial charge is 0.454 e. The van der Waals surface area contributed by atoms with Crippen LogP contribution in [0.3, 0.4) is 0 Å². The van der Waals surface area contributed by atoms with E-state index in [1.807, 2.05) is 30.3 Å². The van der Waals surface area contributed by atoms with Crippen molar-refractivity contribution < 1.29 is 14.0 Å². The van der Waals surface area contributed by atoms with Gasteiger partial charge in [-0.2, -0.15) is 0 Å². The summed E-state index contributed by atoms with van der Waals surface area (Å²) in [6, 6.07) is 13.4. The van der Waals surface area contributed by atoms with Gasteiger partial charge in [0.2, 0.25) is 12.7 Å². The number of halogens is 2. The number of fused-ring (bicyclic) bond motifs is 1. The highest BCUT2D eigenvalue weighted by Crippen LogP contribution is 2.35. The molecule has 34 heavy (non-hydrogen) atoms. The van der Waals surface area contributed by atoms with Crippen molar-refractivity contribution in [3.63, 3.8) is 0 Å². The summed E-state index contributed by atoms with van der Waals surface area (Å²) in [7, 11) is 0. The number of hydrogen-bond donors (Lipinski definition) is 0. The molecule has 0 radical (unpaired) electrons. The van der Waals surface area contributed by atoms with E-state index in [9.17, 15) is 0 Å². The van der Waals surface area contributed by atoms with Crippen molar-refractivity contribution in [2.75, 3.05) is 37.9 Å². The van der Waals surface area contributed by atoms with Crippen LogP contribution in [0.4, 0.5) is 5.88 Å². The van der Waals surface area contributed by atoms with Gasteiger partial charge in [0.25, 0.3) is 0 Å². The lowest BCUT2D eigenvalue weighted by Crippen LogP contribution is -2.30. The fraction of sp³-hybridized carbons (Fsp3) is 0.423. The van der Waals surface area contributed by atoms with E-state index in [1.54, 1.807) is 6.07 Å². The lowest BCUT2D eigenvalue weighted by atomic mass is 10.1. The zero-order chi connectivity index (χ0) is 23.3. The number of benzene rings is 2. The molecule has 1 fully saturated rings. The highest BCUT2D eigenvalue weighted by Gasteiger charge is 2.19. The first-order valence-electron chi connectivity index (χ1n) is 11.9. The van der Waals surface area contributed by atoms with Crippen LogP contribution in [0.5, 0.6) is 11.5 Å². The fourth-order valence-corrected chi connectivity index (χ4v) is 5.12. The predicted octanol–water partition coefficient (Wildman–Crippen LogP) is 6.65. The summed E-state index contributed by atoms with van der Waals surface area (Å²) in [5, 5.41) is 5.45. The number of nitrogens with zero attached hydrogens (tertiary/aromatic N) is 3. The molecular formula is C26H29Cl2N3O3. The van der Waals surface area contributed by atoms with E-state index in [4.69, 9.17) is 37.2 Å². The zero-order valence-corrected chi connectivity index (χ0v) is 20.7.